The Labute approximate surface area is 75.7 Å². The maximum atomic E-state index is 5.14. The molecule has 0 amide bonds. The van der Waals surface area contributed by atoms with Crippen LogP contribution in [0.2, 0.25) is 0 Å². The highest BCUT2D eigenvalue weighted by atomic mass is 16.3. The molecule has 0 aliphatic carbocycles. The number of rotatable bonds is 1. The summed E-state index contributed by atoms with van der Waals surface area (Å²) in [6, 6.07) is 0. The fraction of sp³-hybridized carbons (Fsp3) is 0.222. The molecule has 0 atom stereocenters. The van der Waals surface area contributed by atoms with Crippen molar-refractivity contribution in [1.29, 1.82) is 0 Å². The maximum absolute atomic E-state index is 5.14. The molecule has 0 bridgehead atoms. The summed E-state index contributed by atoms with van der Waals surface area (Å²) in [5, 5.41) is 0. The van der Waals surface area contributed by atoms with Gasteiger partial charge in [-0.25, -0.2) is 9.97 Å². The Morgan fingerprint density at radius 2 is 2.08 bits per heavy atom. The number of aryl methyl sites for hydroxylation is 2. The van der Waals surface area contributed by atoms with Gasteiger partial charge in [0.25, 0.3) is 0 Å². The number of oxazole rings is 1. The van der Waals surface area contributed by atoms with E-state index in [1.54, 1.807) is 12.4 Å². The standard InChI is InChI=1S/C9H9N3O/c1-6-5-11-7(2)8(12-6)9-10-3-4-13-9/h3-5H,1-2H3. The summed E-state index contributed by atoms with van der Waals surface area (Å²) in [5.74, 6) is 0.522. The van der Waals surface area contributed by atoms with E-state index in [0.29, 0.717) is 11.6 Å². The molecular formula is C9H9N3O. The van der Waals surface area contributed by atoms with Crippen LogP contribution in [0.5, 0.6) is 0 Å². The minimum absolute atomic E-state index is 0.522. The van der Waals surface area contributed by atoms with Crippen LogP contribution in [-0.2, 0) is 0 Å². The summed E-state index contributed by atoms with van der Waals surface area (Å²) in [7, 11) is 0. The molecule has 0 N–H and O–H groups in total. The molecule has 2 aromatic rings. The van der Waals surface area contributed by atoms with Crippen LogP contribution in [-0.4, -0.2) is 15.0 Å². The van der Waals surface area contributed by atoms with Crippen LogP contribution in [0.25, 0.3) is 11.6 Å². The first kappa shape index (κ1) is 7.91. The Kier molecular flexibility index (Phi) is 1.81. The molecule has 0 radical (unpaired) electrons. The number of aromatic nitrogens is 3. The molecule has 4 heteroatoms. The van der Waals surface area contributed by atoms with E-state index in [1.807, 2.05) is 13.8 Å². The second-order valence-corrected chi connectivity index (χ2v) is 2.78. The van der Waals surface area contributed by atoms with Crippen molar-refractivity contribution in [2.24, 2.45) is 0 Å². The van der Waals surface area contributed by atoms with Gasteiger partial charge in [-0.15, -0.1) is 0 Å². The van der Waals surface area contributed by atoms with Gasteiger partial charge in [0.1, 0.15) is 12.0 Å². The second kappa shape index (κ2) is 2.97. The van der Waals surface area contributed by atoms with Crippen LogP contribution >= 0.6 is 0 Å². The molecule has 0 aliphatic heterocycles. The zero-order valence-electron chi connectivity index (χ0n) is 7.48. The predicted octanol–water partition coefficient (Wildman–Crippen LogP) is 1.75. The van der Waals surface area contributed by atoms with E-state index < -0.39 is 0 Å². The molecule has 2 heterocycles. The first-order valence-corrected chi connectivity index (χ1v) is 3.97. The lowest BCUT2D eigenvalue weighted by Crippen LogP contribution is -1.94. The monoisotopic (exact) mass is 175 g/mol. The first-order chi connectivity index (χ1) is 6.27. The molecule has 2 rings (SSSR count). The van der Waals surface area contributed by atoms with Gasteiger partial charge in [0, 0.05) is 6.20 Å². The van der Waals surface area contributed by atoms with Crippen molar-refractivity contribution in [3.05, 3.63) is 30.0 Å². The molecule has 0 spiro atoms. The summed E-state index contributed by atoms with van der Waals surface area (Å²) < 4.78 is 5.14. The third kappa shape index (κ3) is 1.42. The topological polar surface area (TPSA) is 51.8 Å². The largest absolute Gasteiger partial charge is 0.443 e. The van der Waals surface area contributed by atoms with E-state index in [0.717, 1.165) is 11.4 Å². The number of nitrogens with zero attached hydrogens (tertiary/aromatic N) is 3. The molecule has 66 valence electrons. The summed E-state index contributed by atoms with van der Waals surface area (Å²) in [6.07, 6.45) is 4.85. The SMILES string of the molecule is Cc1cnc(C)c(-c2ncco2)n1. The first-order valence-electron chi connectivity index (χ1n) is 3.97. The Hall–Kier alpha value is -1.71. The molecule has 0 unspecified atom stereocenters. The average Bonchev–Trinajstić information content (AvgIpc) is 2.61. The highest BCUT2D eigenvalue weighted by Crippen LogP contribution is 2.16. The third-order valence-corrected chi connectivity index (χ3v) is 1.71. The molecule has 0 aromatic carbocycles. The molecule has 2 aromatic heterocycles. The van der Waals surface area contributed by atoms with Crippen molar-refractivity contribution >= 4 is 0 Å². The fourth-order valence-electron chi connectivity index (χ4n) is 1.08. The Bertz CT molecular complexity index is 409. The van der Waals surface area contributed by atoms with E-state index in [-0.39, 0.29) is 0 Å². The molecule has 0 aliphatic rings. The van der Waals surface area contributed by atoms with Crippen LogP contribution in [0.15, 0.2) is 23.1 Å². The maximum Gasteiger partial charge on any atom is 0.246 e. The lowest BCUT2D eigenvalue weighted by Gasteiger charge is -1.99. The van der Waals surface area contributed by atoms with Crippen molar-refractivity contribution in [2.75, 3.05) is 0 Å². The molecule has 0 saturated heterocycles. The van der Waals surface area contributed by atoms with Crippen LogP contribution in [0.4, 0.5) is 0 Å². The molecule has 13 heavy (non-hydrogen) atoms. The third-order valence-electron chi connectivity index (χ3n) is 1.71. The average molecular weight is 175 g/mol. The van der Waals surface area contributed by atoms with Crippen molar-refractivity contribution in [3.8, 4) is 11.6 Å². The van der Waals surface area contributed by atoms with Crippen molar-refractivity contribution in [2.45, 2.75) is 13.8 Å². The van der Waals surface area contributed by atoms with Gasteiger partial charge >= 0.3 is 0 Å². The predicted molar refractivity (Wildman–Crippen MR) is 47.0 cm³/mol. The normalized spacial score (nSPS) is 10.3. The quantitative estimate of drug-likeness (QED) is 0.662. The highest BCUT2D eigenvalue weighted by molar-refractivity contribution is 5.49. The highest BCUT2D eigenvalue weighted by Gasteiger charge is 2.08. The summed E-state index contributed by atoms with van der Waals surface area (Å²) in [4.78, 5) is 12.5. The van der Waals surface area contributed by atoms with Gasteiger partial charge in [0.05, 0.1) is 17.6 Å². The van der Waals surface area contributed by atoms with Crippen LogP contribution in [0, 0.1) is 13.8 Å². The van der Waals surface area contributed by atoms with Gasteiger partial charge in [-0.3, -0.25) is 4.98 Å². The van der Waals surface area contributed by atoms with Crippen molar-refractivity contribution in [1.82, 2.24) is 15.0 Å². The van der Waals surface area contributed by atoms with Crippen molar-refractivity contribution < 1.29 is 4.42 Å². The summed E-state index contributed by atoms with van der Waals surface area (Å²) >= 11 is 0. The molecule has 0 saturated carbocycles. The fourth-order valence-corrected chi connectivity index (χ4v) is 1.08. The van der Waals surface area contributed by atoms with Gasteiger partial charge in [-0.05, 0) is 13.8 Å². The van der Waals surface area contributed by atoms with E-state index >= 15 is 0 Å². The lowest BCUT2D eigenvalue weighted by molar-refractivity contribution is 0.570. The lowest BCUT2D eigenvalue weighted by atomic mass is 10.3. The van der Waals surface area contributed by atoms with Gasteiger partial charge in [-0.2, -0.15) is 0 Å². The second-order valence-electron chi connectivity index (χ2n) is 2.78. The Balaban J connectivity index is 2.57. The Morgan fingerprint density at radius 1 is 1.23 bits per heavy atom. The van der Waals surface area contributed by atoms with Gasteiger partial charge < -0.3 is 4.42 Å². The van der Waals surface area contributed by atoms with Crippen LogP contribution < -0.4 is 0 Å². The number of hydrogen-bond acceptors (Lipinski definition) is 4. The minimum Gasteiger partial charge on any atom is -0.443 e. The molecular weight excluding hydrogens is 166 g/mol. The van der Waals surface area contributed by atoms with E-state index in [1.165, 1.54) is 6.26 Å². The minimum atomic E-state index is 0.522. The zero-order valence-corrected chi connectivity index (χ0v) is 7.48. The summed E-state index contributed by atoms with van der Waals surface area (Å²) in [6.45, 7) is 3.77. The van der Waals surface area contributed by atoms with E-state index in [4.69, 9.17) is 4.42 Å². The van der Waals surface area contributed by atoms with Gasteiger partial charge in [0.15, 0.2) is 0 Å². The van der Waals surface area contributed by atoms with Crippen molar-refractivity contribution in [3.63, 3.8) is 0 Å². The van der Waals surface area contributed by atoms with Crippen LogP contribution in [0.1, 0.15) is 11.4 Å². The van der Waals surface area contributed by atoms with Gasteiger partial charge in [0.2, 0.25) is 5.89 Å². The summed E-state index contributed by atoms with van der Waals surface area (Å²) in [5.41, 5.74) is 2.40. The molecule has 4 nitrogen and oxygen atoms in total. The molecule has 0 fully saturated rings. The zero-order chi connectivity index (χ0) is 9.26. The number of hydrogen-bond donors (Lipinski definition) is 0. The smallest absolute Gasteiger partial charge is 0.246 e. The van der Waals surface area contributed by atoms with Crippen LogP contribution in [0.3, 0.4) is 0 Å². The van der Waals surface area contributed by atoms with E-state index in [2.05, 4.69) is 15.0 Å². The van der Waals surface area contributed by atoms with Gasteiger partial charge in [-0.1, -0.05) is 0 Å². The van der Waals surface area contributed by atoms with E-state index in [9.17, 15) is 0 Å². The Morgan fingerprint density at radius 3 is 2.77 bits per heavy atom.